The number of esters is 1. The van der Waals surface area contributed by atoms with Gasteiger partial charge in [-0.25, -0.2) is 4.79 Å². The van der Waals surface area contributed by atoms with Gasteiger partial charge in [0.15, 0.2) is 6.10 Å². The number of hydrogen-bond donors (Lipinski definition) is 3. The van der Waals surface area contributed by atoms with Crippen LogP contribution in [0.3, 0.4) is 0 Å². The predicted octanol–water partition coefficient (Wildman–Crippen LogP) is 1.89. The molecule has 1 aromatic carbocycles. The summed E-state index contributed by atoms with van der Waals surface area (Å²) in [6, 6.07) is 5.51. The summed E-state index contributed by atoms with van der Waals surface area (Å²) >= 11 is 3.38. The van der Waals surface area contributed by atoms with Crippen molar-refractivity contribution >= 4 is 32.8 Å². The standard InChI is InChI=1S/C13H14BrNO4/c1-2-19-13(18)12(17)11(16)7-6-15-9-5-3-4-8(14)10(7)9/h3-6,11-12,15-17H,2H2,1H3. The number of rotatable bonds is 4. The number of aliphatic hydroxyl groups is 2. The molecule has 0 aliphatic carbocycles. The maximum absolute atomic E-state index is 11.4. The van der Waals surface area contributed by atoms with Crippen LogP contribution in [0.1, 0.15) is 18.6 Å². The van der Waals surface area contributed by atoms with Crippen molar-refractivity contribution in [2.24, 2.45) is 0 Å². The molecule has 1 aromatic heterocycles. The average molecular weight is 328 g/mol. The lowest BCUT2D eigenvalue weighted by molar-refractivity contribution is -0.159. The van der Waals surface area contributed by atoms with Crippen molar-refractivity contribution in [1.29, 1.82) is 0 Å². The highest BCUT2D eigenvalue weighted by molar-refractivity contribution is 9.10. The van der Waals surface area contributed by atoms with Crippen LogP contribution in [0, 0.1) is 0 Å². The second-order valence-corrected chi connectivity index (χ2v) is 4.90. The first-order valence-corrected chi connectivity index (χ1v) is 6.63. The van der Waals surface area contributed by atoms with Gasteiger partial charge in [-0.1, -0.05) is 22.0 Å². The fraction of sp³-hybridized carbons (Fsp3) is 0.308. The smallest absolute Gasteiger partial charge is 0.338 e. The molecule has 2 unspecified atom stereocenters. The summed E-state index contributed by atoms with van der Waals surface area (Å²) in [5.74, 6) is -0.837. The van der Waals surface area contributed by atoms with Crippen LogP contribution >= 0.6 is 15.9 Å². The molecule has 2 atom stereocenters. The van der Waals surface area contributed by atoms with Crippen LogP contribution in [0.2, 0.25) is 0 Å². The third kappa shape index (κ3) is 2.65. The van der Waals surface area contributed by atoms with Crippen LogP contribution in [-0.4, -0.2) is 33.9 Å². The van der Waals surface area contributed by atoms with E-state index < -0.39 is 18.2 Å². The maximum atomic E-state index is 11.4. The molecule has 0 saturated carbocycles. The highest BCUT2D eigenvalue weighted by Gasteiger charge is 2.29. The van der Waals surface area contributed by atoms with Crippen LogP contribution < -0.4 is 0 Å². The number of nitrogens with one attached hydrogen (secondary N) is 1. The summed E-state index contributed by atoms with van der Waals surface area (Å²) in [5.41, 5.74) is 1.25. The van der Waals surface area contributed by atoms with Crippen molar-refractivity contribution in [2.45, 2.75) is 19.1 Å². The Balaban J connectivity index is 2.36. The molecular formula is C13H14BrNO4. The predicted molar refractivity (Wildman–Crippen MR) is 73.6 cm³/mol. The Morgan fingerprint density at radius 3 is 2.89 bits per heavy atom. The molecular weight excluding hydrogens is 314 g/mol. The molecule has 2 rings (SSSR count). The van der Waals surface area contributed by atoms with Crippen LogP contribution in [0.5, 0.6) is 0 Å². The van der Waals surface area contributed by atoms with Gasteiger partial charge in [0.25, 0.3) is 0 Å². The van der Waals surface area contributed by atoms with Gasteiger partial charge >= 0.3 is 5.97 Å². The molecule has 5 nitrogen and oxygen atoms in total. The molecule has 3 N–H and O–H groups in total. The molecule has 0 amide bonds. The molecule has 0 radical (unpaired) electrons. The summed E-state index contributed by atoms with van der Waals surface area (Å²) in [6.07, 6.45) is -1.37. The number of ether oxygens (including phenoxy) is 1. The summed E-state index contributed by atoms with van der Waals surface area (Å²) in [7, 11) is 0. The van der Waals surface area contributed by atoms with Gasteiger partial charge in [0, 0.05) is 27.1 Å². The highest BCUT2D eigenvalue weighted by Crippen LogP contribution is 2.32. The average Bonchev–Trinajstić information content (AvgIpc) is 2.82. The number of H-pyrrole nitrogens is 1. The van der Waals surface area contributed by atoms with Crippen molar-refractivity contribution in [2.75, 3.05) is 6.61 Å². The quantitative estimate of drug-likeness (QED) is 0.749. The van der Waals surface area contributed by atoms with Gasteiger partial charge in [0.05, 0.1) is 6.61 Å². The molecule has 2 aromatic rings. The summed E-state index contributed by atoms with van der Waals surface area (Å²) in [4.78, 5) is 14.4. The molecule has 0 fully saturated rings. The van der Waals surface area contributed by atoms with E-state index in [0.717, 1.165) is 15.4 Å². The van der Waals surface area contributed by atoms with Crippen molar-refractivity contribution in [3.8, 4) is 0 Å². The number of halogens is 1. The minimum atomic E-state index is -1.61. The molecule has 0 spiro atoms. The molecule has 0 aliphatic heterocycles. The molecule has 0 aliphatic rings. The van der Waals surface area contributed by atoms with Crippen molar-refractivity contribution in [3.63, 3.8) is 0 Å². The number of benzene rings is 1. The zero-order valence-corrected chi connectivity index (χ0v) is 11.8. The topological polar surface area (TPSA) is 82.6 Å². The fourth-order valence-electron chi connectivity index (χ4n) is 1.93. The van der Waals surface area contributed by atoms with E-state index in [1.807, 2.05) is 18.2 Å². The maximum Gasteiger partial charge on any atom is 0.338 e. The first-order chi connectivity index (χ1) is 9.06. The number of carbonyl (C=O) groups is 1. The van der Waals surface area contributed by atoms with Crippen LogP contribution in [0.15, 0.2) is 28.9 Å². The number of aromatic nitrogens is 1. The van der Waals surface area contributed by atoms with Gasteiger partial charge in [0.1, 0.15) is 6.10 Å². The van der Waals surface area contributed by atoms with Crippen LogP contribution in [0.25, 0.3) is 10.9 Å². The Hall–Kier alpha value is -1.37. The lowest BCUT2D eigenvalue weighted by atomic mass is 10.0. The van der Waals surface area contributed by atoms with Gasteiger partial charge in [-0.3, -0.25) is 0 Å². The van der Waals surface area contributed by atoms with Gasteiger partial charge < -0.3 is 19.9 Å². The third-order valence-corrected chi connectivity index (χ3v) is 3.49. The summed E-state index contributed by atoms with van der Waals surface area (Å²) < 4.78 is 5.47. The van der Waals surface area contributed by atoms with Crippen molar-refractivity contribution in [1.82, 2.24) is 4.98 Å². The number of aromatic amines is 1. The molecule has 102 valence electrons. The Morgan fingerprint density at radius 2 is 2.21 bits per heavy atom. The van der Waals surface area contributed by atoms with Crippen LogP contribution in [0.4, 0.5) is 0 Å². The molecule has 6 heteroatoms. The Labute approximate surface area is 118 Å². The van der Waals surface area contributed by atoms with Crippen molar-refractivity contribution in [3.05, 3.63) is 34.4 Å². The largest absolute Gasteiger partial charge is 0.464 e. The van der Waals surface area contributed by atoms with E-state index in [9.17, 15) is 15.0 Å². The monoisotopic (exact) mass is 327 g/mol. The molecule has 1 heterocycles. The molecule has 0 bridgehead atoms. The number of aliphatic hydroxyl groups excluding tert-OH is 2. The third-order valence-electron chi connectivity index (χ3n) is 2.83. The Kier molecular flexibility index (Phi) is 4.24. The lowest BCUT2D eigenvalue weighted by Crippen LogP contribution is -2.29. The number of fused-ring (bicyclic) bond motifs is 1. The summed E-state index contributed by atoms with van der Waals surface area (Å²) in [5, 5.41) is 20.6. The number of carbonyl (C=O) groups excluding carboxylic acids is 1. The highest BCUT2D eigenvalue weighted by atomic mass is 79.9. The zero-order valence-electron chi connectivity index (χ0n) is 10.3. The zero-order chi connectivity index (χ0) is 14.0. The Bertz CT molecular complexity index is 595. The molecule has 19 heavy (non-hydrogen) atoms. The fourth-order valence-corrected chi connectivity index (χ4v) is 2.52. The summed E-state index contributed by atoms with van der Waals surface area (Å²) in [6.45, 7) is 1.79. The van der Waals surface area contributed by atoms with E-state index >= 15 is 0 Å². The van der Waals surface area contributed by atoms with Gasteiger partial charge in [-0.2, -0.15) is 0 Å². The van der Waals surface area contributed by atoms with E-state index in [2.05, 4.69) is 20.9 Å². The first-order valence-electron chi connectivity index (χ1n) is 5.84. The second kappa shape index (κ2) is 5.73. The first kappa shape index (κ1) is 14.0. The van der Waals surface area contributed by atoms with Crippen molar-refractivity contribution < 1.29 is 19.7 Å². The number of hydrogen-bond acceptors (Lipinski definition) is 4. The van der Waals surface area contributed by atoms with Gasteiger partial charge in [-0.05, 0) is 19.1 Å². The van der Waals surface area contributed by atoms with Gasteiger partial charge in [-0.15, -0.1) is 0 Å². The SMILES string of the molecule is CCOC(=O)C(O)C(O)c1c[nH]c2cccc(Br)c12. The lowest BCUT2D eigenvalue weighted by Gasteiger charge is -2.16. The van der Waals surface area contributed by atoms with E-state index in [1.54, 1.807) is 13.1 Å². The minimum Gasteiger partial charge on any atom is -0.464 e. The van der Waals surface area contributed by atoms with E-state index in [0.29, 0.717) is 5.56 Å². The Morgan fingerprint density at radius 1 is 1.47 bits per heavy atom. The molecule has 0 saturated heterocycles. The second-order valence-electron chi connectivity index (χ2n) is 4.05. The van der Waals surface area contributed by atoms with E-state index in [-0.39, 0.29) is 6.61 Å². The van der Waals surface area contributed by atoms with E-state index in [1.165, 1.54) is 0 Å². The van der Waals surface area contributed by atoms with Gasteiger partial charge in [0.2, 0.25) is 0 Å². The van der Waals surface area contributed by atoms with E-state index in [4.69, 9.17) is 4.74 Å². The minimum absolute atomic E-state index is 0.153. The van der Waals surface area contributed by atoms with Crippen LogP contribution in [-0.2, 0) is 9.53 Å². The normalized spacial score (nSPS) is 14.3.